The summed E-state index contributed by atoms with van der Waals surface area (Å²) in [5, 5.41) is 7.17. The van der Waals surface area contributed by atoms with Crippen LogP contribution in [0.1, 0.15) is 18.4 Å². The molecule has 1 aliphatic heterocycles. The molecule has 0 saturated carbocycles. The Morgan fingerprint density at radius 1 is 1.43 bits per heavy atom. The van der Waals surface area contributed by atoms with Gasteiger partial charge in [0.2, 0.25) is 0 Å². The molecule has 112 valence electrons. The quantitative estimate of drug-likeness (QED) is 0.860. The standard InChI is InChI=1S/C14H16FN3O2S/c15-11-5-3-10(4-6-11)9-21-14-17-16-13(19)18(14)8-12-2-1-7-20-12/h3-6,12H,1-2,7-9H2,(H,16,19). The number of H-pyrrole nitrogens is 1. The molecule has 0 aliphatic carbocycles. The van der Waals surface area contributed by atoms with E-state index < -0.39 is 0 Å². The second-order valence-corrected chi connectivity index (χ2v) is 5.91. The zero-order valence-electron chi connectivity index (χ0n) is 11.4. The maximum atomic E-state index is 12.9. The van der Waals surface area contributed by atoms with Gasteiger partial charge in [0, 0.05) is 12.4 Å². The van der Waals surface area contributed by atoms with E-state index in [0.29, 0.717) is 17.5 Å². The molecule has 7 heteroatoms. The number of aromatic amines is 1. The van der Waals surface area contributed by atoms with Gasteiger partial charge in [-0.25, -0.2) is 14.3 Å². The molecule has 2 aromatic rings. The Kier molecular flexibility index (Phi) is 4.40. The topological polar surface area (TPSA) is 59.9 Å². The molecule has 0 amide bonds. The third kappa shape index (κ3) is 3.54. The highest BCUT2D eigenvalue weighted by molar-refractivity contribution is 7.98. The first-order valence-corrected chi connectivity index (χ1v) is 7.85. The van der Waals surface area contributed by atoms with Gasteiger partial charge in [0.15, 0.2) is 5.16 Å². The molecule has 1 N–H and O–H groups in total. The maximum Gasteiger partial charge on any atom is 0.344 e. The summed E-state index contributed by atoms with van der Waals surface area (Å²) < 4.78 is 20.0. The van der Waals surface area contributed by atoms with E-state index in [0.717, 1.165) is 25.0 Å². The summed E-state index contributed by atoms with van der Waals surface area (Å²) >= 11 is 1.45. The van der Waals surface area contributed by atoms with Gasteiger partial charge >= 0.3 is 5.69 Å². The molecule has 1 aliphatic rings. The molecule has 5 nitrogen and oxygen atoms in total. The number of thioether (sulfide) groups is 1. The molecular formula is C14H16FN3O2S. The van der Waals surface area contributed by atoms with Gasteiger partial charge in [-0.3, -0.25) is 4.57 Å². The zero-order chi connectivity index (χ0) is 14.7. The van der Waals surface area contributed by atoms with Crippen LogP contribution in [0.3, 0.4) is 0 Å². The second kappa shape index (κ2) is 6.44. The van der Waals surface area contributed by atoms with Crippen LogP contribution in [0.5, 0.6) is 0 Å². The lowest BCUT2D eigenvalue weighted by molar-refractivity contribution is 0.0941. The first-order chi connectivity index (χ1) is 10.2. The lowest BCUT2D eigenvalue weighted by atomic mass is 10.2. The predicted molar refractivity (Wildman–Crippen MR) is 77.8 cm³/mol. The van der Waals surface area contributed by atoms with Gasteiger partial charge in [0.1, 0.15) is 5.82 Å². The van der Waals surface area contributed by atoms with Crippen LogP contribution in [-0.2, 0) is 17.0 Å². The lowest BCUT2D eigenvalue weighted by Crippen LogP contribution is -2.24. The highest BCUT2D eigenvalue weighted by Gasteiger charge is 2.19. The molecule has 1 aromatic carbocycles. The summed E-state index contributed by atoms with van der Waals surface area (Å²) in [4.78, 5) is 11.8. The third-order valence-corrected chi connectivity index (χ3v) is 4.46. The van der Waals surface area contributed by atoms with Gasteiger partial charge in [-0.05, 0) is 30.5 Å². The second-order valence-electron chi connectivity index (χ2n) is 4.97. The highest BCUT2D eigenvalue weighted by Crippen LogP contribution is 2.21. The van der Waals surface area contributed by atoms with Gasteiger partial charge in [-0.1, -0.05) is 23.9 Å². The number of ether oxygens (including phenoxy) is 1. The van der Waals surface area contributed by atoms with Crippen LogP contribution in [0, 0.1) is 5.82 Å². The Balaban J connectivity index is 1.67. The summed E-state index contributed by atoms with van der Waals surface area (Å²) in [7, 11) is 0. The van der Waals surface area contributed by atoms with Crippen LogP contribution in [0.4, 0.5) is 4.39 Å². The Labute approximate surface area is 125 Å². The maximum absolute atomic E-state index is 12.9. The van der Waals surface area contributed by atoms with Crippen molar-refractivity contribution in [3.05, 3.63) is 46.1 Å². The van der Waals surface area contributed by atoms with E-state index in [1.54, 1.807) is 16.7 Å². The van der Waals surface area contributed by atoms with Gasteiger partial charge in [-0.15, -0.1) is 5.10 Å². The summed E-state index contributed by atoms with van der Waals surface area (Å²) in [5.41, 5.74) is 0.771. The van der Waals surface area contributed by atoms with Crippen LogP contribution in [0.2, 0.25) is 0 Å². The monoisotopic (exact) mass is 309 g/mol. The third-order valence-electron chi connectivity index (χ3n) is 3.41. The molecule has 1 atom stereocenters. The Hall–Kier alpha value is -1.60. The summed E-state index contributed by atoms with van der Waals surface area (Å²) in [6, 6.07) is 6.33. The van der Waals surface area contributed by atoms with Crippen molar-refractivity contribution < 1.29 is 9.13 Å². The van der Waals surface area contributed by atoms with E-state index in [1.807, 2.05) is 0 Å². The van der Waals surface area contributed by atoms with Crippen LogP contribution >= 0.6 is 11.8 Å². The molecular weight excluding hydrogens is 293 g/mol. The molecule has 0 radical (unpaired) electrons. The fourth-order valence-electron chi connectivity index (χ4n) is 2.29. The van der Waals surface area contributed by atoms with Crippen molar-refractivity contribution in [2.45, 2.75) is 36.4 Å². The smallest absolute Gasteiger partial charge is 0.344 e. The number of hydrogen-bond acceptors (Lipinski definition) is 4. The summed E-state index contributed by atoms with van der Waals surface area (Å²) in [5.74, 6) is 0.384. The minimum Gasteiger partial charge on any atom is -0.376 e. The molecule has 1 aromatic heterocycles. The lowest BCUT2D eigenvalue weighted by Gasteiger charge is -2.10. The van der Waals surface area contributed by atoms with Crippen molar-refractivity contribution in [3.63, 3.8) is 0 Å². The molecule has 1 fully saturated rings. The average molecular weight is 309 g/mol. The number of benzene rings is 1. The Morgan fingerprint density at radius 2 is 2.24 bits per heavy atom. The van der Waals surface area contributed by atoms with Crippen molar-refractivity contribution in [1.82, 2.24) is 14.8 Å². The highest BCUT2D eigenvalue weighted by atomic mass is 32.2. The van der Waals surface area contributed by atoms with Gasteiger partial charge in [0.25, 0.3) is 0 Å². The number of nitrogens with one attached hydrogen (secondary N) is 1. The van der Waals surface area contributed by atoms with E-state index in [1.165, 1.54) is 23.9 Å². The Morgan fingerprint density at radius 3 is 2.95 bits per heavy atom. The van der Waals surface area contributed by atoms with Gasteiger partial charge in [-0.2, -0.15) is 0 Å². The van der Waals surface area contributed by atoms with E-state index in [4.69, 9.17) is 4.74 Å². The summed E-state index contributed by atoms with van der Waals surface area (Å²) in [6.45, 7) is 1.29. The van der Waals surface area contributed by atoms with Crippen LogP contribution in [0.25, 0.3) is 0 Å². The number of rotatable bonds is 5. The van der Waals surface area contributed by atoms with Crippen molar-refractivity contribution in [3.8, 4) is 0 Å². The first-order valence-electron chi connectivity index (χ1n) is 6.86. The number of hydrogen-bond donors (Lipinski definition) is 1. The molecule has 0 spiro atoms. The predicted octanol–water partition coefficient (Wildman–Crippen LogP) is 2.18. The van der Waals surface area contributed by atoms with Gasteiger partial charge in [0.05, 0.1) is 12.6 Å². The van der Waals surface area contributed by atoms with E-state index in [9.17, 15) is 9.18 Å². The summed E-state index contributed by atoms with van der Waals surface area (Å²) in [6.07, 6.45) is 2.10. The Bertz CT molecular complexity index is 647. The van der Waals surface area contributed by atoms with Gasteiger partial charge < -0.3 is 4.74 Å². The minimum absolute atomic E-state index is 0.0884. The largest absolute Gasteiger partial charge is 0.376 e. The molecule has 1 unspecified atom stereocenters. The van der Waals surface area contributed by atoms with Crippen molar-refractivity contribution in [2.24, 2.45) is 0 Å². The molecule has 1 saturated heterocycles. The first kappa shape index (κ1) is 14.3. The van der Waals surface area contributed by atoms with Crippen LogP contribution < -0.4 is 5.69 Å². The van der Waals surface area contributed by atoms with Crippen molar-refractivity contribution >= 4 is 11.8 Å². The van der Waals surface area contributed by atoms with Crippen molar-refractivity contribution in [1.29, 1.82) is 0 Å². The fourth-order valence-corrected chi connectivity index (χ4v) is 3.21. The molecule has 21 heavy (non-hydrogen) atoms. The van der Waals surface area contributed by atoms with E-state index >= 15 is 0 Å². The van der Waals surface area contributed by atoms with Crippen LogP contribution in [-0.4, -0.2) is 27.5 Å². The molecule has 0 bridgehead atoms. The van der Waals surface area contributed by atoms with E-state index in [-0.39, 0.29) is 17.6 Å². The normalized spacial score (nSPS) is 18.2. The fraction of sp³-hybridized carbons (Fsp3) is 0.429. The zero-order valence-corrected chi connectivity index (χ0v) is 12.2. The van der Waals surface area contributed by atoms with Crippen LogP contribution in [0.15, 0.2) is 34.2 Å². The average Bonchev–Trinajstić information content (AvgIpc) is 3.11. The number of halogens is 1. The molecule has 2 heterocycles. The van der Waals surface area contributed by atoms with Crippen molar-refractivity contribution in [2.75, 3.05) is 6.61 Å². The number of aromatic nitrogens is 3. The SMILES string of the molecule is O=c1[nH]nc(SCc2ccc(F)cc2)n1CC1CCCO1. The number of nitrogens with zero attached hydrogens (tertiary/aromatic N) is 2. The molecule has 3 rings (SSSR count). The van der Waals surface area contributed by atoms with E-state index in [2.05, 4.69) is 10.2 Å². The minimum atomic E-state index is -0.251.